The highest BCUT2D eigenvalue weighted by Gasteiger charge is 2.21. The number of nitrogens with one attached hydrogen (secondary N) is 1. The summed E-state index contributed by atoms with van der Waals surface area (Å²) in [4.78, 5) is 12.5. The highest BCUT2D eigenvalue weighted by atomic mass is 35.5. The van der Waals surface area contributed by atoms with Crippen LogP contribution in [0.3, 0.4) is 0 Å². The van der Waals surface area contributed by atoms with Gasteiger partial charge >= 0.3 is 0 Å². The minimum Gasteiger partial charge on any atom is -0.469 e. The number of carbonyl (C=O) groups is 1. The minimum atomic E-state index is -0.447. The van der Waals surface area contributed by atoms with Crippen LogP contribution in [0.4, 0.5) is 5.69 Å². The van der Waals surface area contributed by atoms with Crippen molar-refractivity contribution in [2.75, 3.05) is 5.32 Å². The predicted octanol–water partition coefficient (Wildman–Crippen LogP) is 5.46. The second kappa shape index (κ2) is 8.14. The Morgan fingerprint density at radius 1 is 1.22 bits per heavy atom. The number of hydrogen-bond acceptors (Lipinski definition) is 5. The first-order valence-electron chi connectivity index (χ1n) is 7.84. The number of anilines is 1. The number of hydrogen-bond donors (Lipinski definition) is 1. The lowest BCUT2D eigenvalue weighted by Crippen LogP contribution is -2.23. The number of thioether (sulfide) groups is 1. The quantitative estimate of drug-likeness (QED) is 0.417. The summed E-state index contributed by atoms with van der Waals surface area (Å²) in [6.45, 7) is 3.62. The van der Waals surface area contributed by atoms with E-state index in [1.807, 2.05) is 24.6 Å². The molecule has 10 heteroatoms. The van der Waals surface area contributed by atoms with Crippen LogP contribution in [0.1, 0.15) is 12.7 Å². The van der Waals surface area contributed by atoms with Crippen molar-refractivity contribution in [1.82, 2.24) is 14.8 Å². The maximum absolute atomic E-state index is 12.5. The molecule has 142 valence electrons. The standard InChI is InChI=1S/C17H15Cl3N4O2S/c1-8-10(4-5-26-8)15-22-23-17(24(15)3)27-9(2)16(25)21-14-7-12(19)11(18)6-13(14)20/h4-7,9H,1-3H3,(H,21,25). The number of nitrogens with zero attached hydrogens (tertiary/aromatic N) is 3. The summed E-state index contributed by atoms with van der Waals surface area (Å²) in [5, 5.41) is 12.2. The molecule has 0 bridgehead atoms. The van der Waals surface area contributed by atoms with Gasteiger partial charge in [-0.2, -0.15) is 0 Å². The predicted molar refractivity (Wildman–Crippen MR) is 109 cm³/mol. The highest BCUT2D eigenvalue weighted by Crippen LogP contribution is 2.33. The molecule has 0 aliphatic carbocycles. The fourth-order valence-electron chi connectivity index (χ4n) is 2.33. The molecule has 1 atom stereocenters. The normalized spacial score (nSPS) is 12.2. The summed E-state index contributed by atoms with van der Waals surface area (Å²) < 4.78 is 7.13. The molecule has 1 unspecified atom stereocenters. The number of carbonyl (C=O) groups excluding carboxylic acids is 1. The Hall–Kier alpha value is -1.67. The van der Waals surface area contributed by atoms with Crippen molar-refractivity contribution in [2.45, 2.75) is 24.3 Å². The number of benzene rings is 1. The second-order valence-electron chi connectivity index (χ2n) is 5.75. The zero-order chi connectivity index (χ0) is 19.7. The Bertz CT molecular complexity index is 1000. The van der Waals surface area contributed by atoms with Crippen LogP contribution in [0, 0.1) is 6.92 Å². The molecule has 0 saturated carbocycles. The first-order chi connectivity index (χ1) is 12.8. The molecular formula is C17H15Cl3N4O2S. The number of aromatic nitrogens is 3. The lowest BCUT2D eigenvalue weighted by molar-refractivity contribution is -0.115. The van der Waals surface area contributed by atoms with E-state index in [1.165, 1.54) is 23.9 Å². The largest absolute Gasteiger partial charge is 0.469 e. The van der Waals surface area contributed by atoms with E-state index >= 15 is 0 Å². The number of furan rings is 1. The van der Waals surface area contributed by atoms with Crippen LogP contribution in [0.15, 0.2) is 34.0 Å². The van der Waals surface area contributed by atoms with E-state index in [4.69, 9.17) is 39.2 Å². The van der Waals surface area contributed by atoms with Gasteiger partial charge in [0.15, 0.2) is 11.0 Å². The SMILES string of the molecule is Cc1occc1-c1nnc(SC(C)C(=O)Nc2cc(Cl)c(Cl)cc2Cl)n1C. The summed E-state index contributed by atoms with van der Waals surface area (Å²) in [5.41, 5.74) is 1.26. The van der Waals surface area contributed by atoms with E-state index in [2.05, 4.69) is 15.5 Å². The number of rotatable bonds is 5. The van der Waals surface area contributed by atoms with E-state index in [0.29, 0.717) is 31.7 Å². The van der Waals surface area contributed by atoms with Crippen LogP contribution in [-0.4, -0.2) is 25.9 Å². The molecule has 0 radical (unpaired) electrons. The molecule has 6 nitrogen and oxygen atoms in total. The van der Waals surface area contributed by atoms with Gasteiger partial charge in [-0.05, 0) is 32.0 Å². The maximum Gasteiger partial charge on any atom is 0.237 e. The van der Waals surface area contributed by atoms with E-state index in [1.54, 1.807) is 13.2 Å². The highest BCUT2D eigenvalue weighted by molar-refractivity contribution is 8.00. The number of amides is 1. The van der Waals surface area contributed by atoms with Gasteiger partial charge in [-0.1, -0.05) is 46.6 Å². The summed E-state index contributed by atoms with van der Waals surface area (Å²) in [5.74, 6) is 1.18. The Morgan fingerprint density at radius 2 is 1.93 bits per heavy atom. The molecule has 0 saturated heterocycles. The second-order valence-corrected chi connectivity index (χ2v) is 8.28. The zero-order valence-electron chi connectivity index (χ0n) is 14.6. The molecule has 0 aliphatic heterocycles. The summed E-state index contributed by atoms with van der Waals surface area (Å²) in [7, 11) is 1.84. The first kappa shape index (κ1) is 20.1. The molecule has 2 aromatic heterocycles. The van der Waals surface area contributed by atoms with Gasteiger partial charge in [0.2, 0.25) is 5.91 Å². The summed E-state index contributed by atoms with van der Waals surface area (Å²) in [6.07, 6.45) is 1.60. The number of aryl methyl sites for hydroxylation is 1. The molecule has 3 aromatic rings. The molecule has 0 aliphatic rings. The van der Waals surface area contributed by atoms with Crippen LogP contribution in [-0.2, 0) is 11.8 Å². The Morgan fingerprint density at radius 3 is 2.59 bits per heavy atom. The third-order valence-corrected chi connectivity index (χ3v) is 6.02. The zero-order valence-corrected chi connectivity index (χ0v) is 17.7. The van der Waals surface area contributed by atoms with E-state index in [9.17, 15) is 4.79 Å². The van der Waals surface area contributed by atoms with Gasteiger partial charge in [-0.3, -0.25) is 4.79 Å². The first-order valence-corrected chi connectivity index (χ1v) is 9.85. The lowest BCUT2D eigenvalue weighted by Gasteiger charge is -2.13. The van der Waals surface area contributed by atoms with Crippen molar-refractivity contribution in [2.24, 2.45) is 7.05 Å². The van der Waals surface area contributed by atoms with Crippen LogP contribution in [0.2, 0.25) is 15.1 Å². The van der Waals surface area contributed by atoms with Gasteiger partial charge in [0.25, 0.3) is 0 Å². The maximum atomic E-state index is 12.5. The Kier molecular flexibility index (Phi) is 6.05. The van der Waals surface area contributed by atoms with Gasteiger partial charge in [0, 0.05) is 7.05 Å². The molecule has 27 heavy (non-hydrogen) atoms. The molecule has 2 heterocycles. The van der Waals surface area contributed by atoms with Crippen LogP contribution >= 0.6 is 46.6 Å². The van der Waals surface area contributed by atoms with Crippen molar-refractivity contribution in [3.05, 3.63) is 45.3 Å². The molecule has 1 amide bonds. The van der Waals surface area contributed by atoms with Gasteiger partial charge in [-0.25, -0.2) is 0 Å². The van der Waals surface area contributed by atoms with Crippen molar-refractivity contribution in [3.63, 3.8) is 0 Å². The lowest BCUT2D eigenvalue weighted by atomic mass is 10.2. The fraction of sp³-hybridized carbons (Fsp3) is 0.235. The van der Waals surface area contributed by atoms with Crippen LogP contribution in [0.5, 0.6) is 0 Å². The van der Waals surface area contributed by atoms with Gasteiger partial charge in [0.05, 0.1) is 37.8 Å². The van der Waals surface area contributed by atoms with Crippen molar-refractivity contribution in [1.29, 1.82) is 0 Å². The average molecular weight is 446 g/mol. The monoisotopic (exact) mass is 444 g/mol. The average Bonchev–Trinajstić information content (AvgIpc) is 3.18. The summed E-state index contributed by atoms with van der Waals surface area (Å²) >= 11 is 19.3. The minimum absolute atomic E-state index is 0.246. The molecule has 0 spiro atoms. The fourth-order valence-corrected chi connectivity index (χ4v) is 3.74. The van der Waals surface area contributed by atoms with Crippen molar-refractivity contribution < 1.29 is 9.21 Å². The van der Waals surface area contributed by atoms with E-state index in [-0.39, 0.29) is 5.91 Å². The van der Waals surface area contributed by atoms with E-state index < -0.39 is 5.25 Å². The Labute approximate surface area is 175 Å². The van der Waals surface area contributed by atoms with Gasteiger partial charge in [0.1, 0.15) is 5.76 Å². The summed E-state index contributed by atoms with van der Waals surface area (Å²) in [6, 6.07) is 4.83. The Balaban J connectivity index is 1.73. The smallest absolute Gasteiger partial charge is 0.237 e. The third kappa shape index (κ3) is 4.27. The van der Waals surface area contributed by atoms with Crippen molar-refractivity contribution in [3.8, 4) is 11.4 Å². The number of halogens is 3. The van der Waals surface area contributed by atoms with Crippen LogP contribution < -0.4 is 5.32 Å². The molecule has 0 fully saturated rings. The molecular weight excluding hydrogens is 431 g/mol. The third-order valence-electron chi connectivity index (χ3n) is 3.85. The topological polar surface area (TPSA) is 72.9 Å². The van der Waals surface area contributed by atoms with E-state index in [0.717, 1.165) is 11.3 Å². The van der Waals surface area contributed by atoms with Gasteiger partial charge < -0.3 is 14.3 Å². The van der Waals surface area contributed by atoms with Gasteiger partial charge in [-0.15, -0.1) is 10.2 Å². The van der Waals surface area contributed by atoms with Crippen LogP contribution in [0.25, 0.3) is 11.4 Å². The molecule has 1 aromatic carbocycles. The molecule has 1 N–H and O–H groups in total. The van der Waals surface area contributed by atoms with Crippen molar-refractivity contribution >= 4 is 58.2 Å². The molecule has 3 rings (SSSR count).